The third kappa shape index (κ3) is 2.10. The van der Waals surface area contributed by atoms with Crippen LogP contribution in [-0.4, -0.2) is 35.0 Å². The van der Waals surface area contributed by atoms with E-state index in [1.807, 2.05) is 0 Å². The van der Waals surface area contributed by atoms with Crippen LogP contribution in [-0.2, 0) is 14.3 Å². The van der Waals surface area contributed by atoms with Gasteiger partial charge in [0.15, 0.2) is 0 Å². The highest BCUT2D eigenvalue weighted by molar-refractivity contribution is 6.05. The Morgan fingerprint density at radius 3 is 2.11 bits per heavy atom. The minimum atomic E-state index is -0.0853. The molecule has 1 saturated carbocycles. The molecular weight excluding hydrogens is 242 g/mol. The number of amides is 2. The molecule has 0 aromatic heterocycles. The zero-order valence-electron chi connectivity index (χ0n) is 12.0. The lowest BCUT2D eigenvalue weighted by Gasteiger charge is -2.19. The van der Waals surface area contributed by atoms with Crippen molar-refractivity contribution in [1.29, 1.82) is 0 Å². The molecule has 3 rings (SSSR count). The largest absolute Gasteiger partial charge is 0.366 e. The fraction of sp³-hybridized carbons (Fsp3) is 0.867. The van der Waals surface area contributed by atoms with Crippen molar-refractivity contribution in [2.24, 2.45) is 17.8 Å². The van der Waals surface area contributed by atoms with Gasteiger partial charge in [0.05, 0.1) is 23.5 Å². The molecule has 106 valence electrons. The van der Waals surface area contributed by atoms with Crippen LogP contribution < -0.4 is 0 Å². The summed E-state index contributed by atoms with van der Waals surface area (Å²) in [6, 6.07) is 0. The molecule has 19 heavy (non-hydrogen) atoms. The van der Waals surface area contributed by atoms with E-state index in [0.29, 0.717) is 6.54 Å². The second-order valence-electron chi connectivity index (χ2n) is 6.90. The van der Waals surface area contributed by atoms with Gasteiger partial charge in [-0.1, -0.05) is 19.8 Å². The van der Waals surface area contributed by atoms with E-state index in [9.17, 15) is 9.59 Å². The van der Waals surface area contributed by atoms with E-state index in [-0.39, 0.29) is 41.3 Å². The van der Waals surface area contributed by atoms with E-state index in [0.717, 1.165) is 25.7 Å². The predicted molar refractivity (Wildman–Crippen MR) is 70.3 cm³/mol. The van der Waals surface area contributed by atoms with Crippen LogP contribution in [0.3, 0.4) is 0 Å². The smallest absolute Gasteiger partial charge is 0.233 e. The minimum Gasteiger partial charge on any atom is -0.366 e. The molecule has 2 heterocycles. The van der Waals surface area contributed by atoms with Gasteiger partial charge in [-0.25, -0.2) is 0 Å². The first-order valence-corrected chi connectivity index (χ1v) is 7.45. The van der Waals surface area contributed by atoms with Gasteiger partial charge in [-0.15, -0.1) is 0 Å². The molecular formula is C15H23NO3. The number of epoxide rings is 1. The van der Waals surface area contributed by atoms with Crippen molar-refractivity contribution < 1.29 is 14.3 Å². The highest BCUT2D eigenvalue weighted by atomic mass is 16.6. The molecule has 0 spiro atoms. The summed E-state index contributed by atoms with van der Waals surface area (Å²) in [5.74, 6) is 0.311. The first kappa shape index (κ1) is 13.1. The van der Waals surface area contributed by atoms with Crippen LogP contribution >= 0.6 is 0 Å². The highest BCUT2D eigenvalue weighted by Crippen LogP contribution is 2.43. The van der Waals surface area contributed by atoms with Crippen molar-refractivity contribution >= 4 is 11.8 Å². The average molecular weight is 265 g/mol. The fourth-order valence-electron chi connectivity index (χ4n) is 3.89. The van der Waals surface area contributed by atoms with E-state index in [2.05, 4.69) is 20.8 Å². The molecule has 4 nitrogen and oxygen atoms in total. The molecule has 4 unspecified atom stereocenters. The van der Waals surface area contributed by atoms with Crippen molar-refractivity contribution in [1.82, 2.24) is 4.90 Å². The van der Waals surface area contributed by atoms with Gasteiger partial charge in [0.25, 0.3) is 0 Å². The van der Waals surface area contributed by atoms with Crippen molar-refractivity contribution in [2.75, 3.05) is 6.54 Å². The van der Waals surface area contributed by atoms with E-state index in [1.165, 1.54) is 4.90 Å². The maximum Gasteiger partial charge on any atom is 0.233 e. The topological polar surface area (TPSA) is 49.9 Å². The van der Waals surface area contributed by atoms with Gasteiger partial charge < -0.3 is 4.74 Å². The van der Waals surface area contributed by atoms with Crippen LogP contribution in [0.25, 0.3) is 0 Å². The number of likely N-dealkylation sites (tertiary alicyclic amines) is 1. The van der Waals surface area contributed by atoms with E-state index in [1.54, 1.807) is 0 Å². The number of hydrogen-bond acceptors (Lipinski definition) is 3. The van der Waals surface area contributed by atoms with Crippen LogP contribution in [0.2, 0.25) is 0 Å². The number of carbonyl (C=O) groups excluding carboxylic acids is 2. The van der Waals surface area contributed by atoms with E-state index < -0.39 is 0 Å². The Morgan fingerprint density at radius 2 is 1.68 bits per heavy atom. The van der Waals surface area contributed by atoms with Gasteiger partial charge in [0, 0.05) is 12.5 Å². The number of nitrogens with zero attached hydrogens (tertiary/aromatic N) is 1. The molecule has 0 aromatic carbocycles. The third-order valence-electron chi connectivity index (χ3n) is 4.98. The summed E-state index contributed by atoms with van der Waals surface area (Å²) in [7, 11) is 0. The lowest BCUT2D eigenvalue weighted by atomic mass is 9.81. The Bertz CT molecular complexity index is 394. The fourth-order valence-corrected chi connectivity index (χ4v) is 3.89. The zero-order chi connectivity index (χ0) is 13.8. The molecule has 3 aliphatic rings. The zero-order valence-corrected chi connectivity index (χ0v) is 12.0. The van der Waals surface area contributed by atoms with Crippen LogP contribution in [0.15, 0.2) is 0 Å². The molecule has 4 atom stereocenters. The lowest BCUT2D eigenvalue weighted by molar-refractivity contribution is -0.140. The van der Waals surface area contributed by atoms with E-state index in [4.69, 9.17) is 4.74 Å². The summed E-state index contributed by atoms with van der Waals surface area (Å²) in [4.78, 5) is 26.2. The highest BCUT2D eigenvalue weighted by Gasteiger charge is 2.54. The SMILES string of the molecule is CC(CN1C(=O)C2CCCCC2C1=O)C1OC1(C)C. The van der Waals surface area contributed by atoms with Crippen LogP contribution in [0.5, 0.6) is 0 Å². The van der Waals surface area contributed by atoms with E-state index >= 15 is 0 Å². The summed E-state index contributed by atoms with van der Waals surface area (Å²) in [6.45, 7) is 6.71. The van der Waals surface area contributed by atoms with Crippen LogP contribution in [0.4, 0.5) is 0 Å². The summed E-state index contributed by atoms with van der Waals surface area (Å²) in [5, 5.41) is 0. The van der Waals surface area contributed by atoms with Gasteiger partial charge in [0.1, 0.15) is 0 Å². The summed E-state index contributed by atoms with van der Waals surface area (Å²) in [5.41, 5.74) is -0.0853. The molecule has 4 heteroatoms. The van der Waals surface area contributed by atoms with Gasteiger partial charge >= 0.3 is 0 Å². The number of imide groups is 1. The molecule has 0 aromatic rings. The lowest BCUT2D eigenvalue weighted by Crippen LogP contribution is -2.37. The Morgan fingerprint density at radius 1 is 1.21 bits per heavy atom. The first-order valence-electron chi connectivity index (χ1n) is 7.45. The third-order valence-corrected chi connectivity index (χ3v) is 4.98. The summed E-state index contributed by atoms with van der Waals surface area (Å²) in [6.07, 6.45) is 4.14. The Labute approximate surface area is 114 Å². The maximum atomic E-state index is 12.4. The maximum absolute atomic E-state index is 12.4. The number of hydrogen-bond donors (Lipinski definition) is 0. The van der Waals surface area contributed by atoms with Gasteiger partial charge in [-0.2, -0.15) is 0 Å². The normalized spacial score (nSPS) is 38.3. The van der Waals surface area contributed by atoms with Gasteiger partial charge in [-0.3, -0.25) is 14.5 Å². The molecule has 1 aliphatic carbocycles. The molecule has 2 amide bonds. The summed E-state index contributed by atoms with van der Waals surface area (Å²) < 4.78 is 5.62. The van der Waals surface area contributed by atoms with Gasteiger partial charge in [-0.05, 0) is 26.7 Å². The molecule has 2 saturated heterocycles. The molecule has 0 bridgehead atoms. The Hall–Kier alpha value is -0.900. The minimum absolute atomic E-state index is 0.0263. The molecule has 3 fully saturated rings. The van der Waals surface area contributed by atoms with Crippen molar-refractivity contribution in [3.8, 4) is 0 Å². The average Bonchev–Trinajstić information content (AvgIpc) is 2.96. The number of carbonyl (C=O) groups is 2. The second kappa shape index (κ2) is 4.30. The Kier molecular flexibility index (Phi) is 2.97. The van der Waals surface area contributed by atoms with Crippen LogP contribution in [0, 0.1) is 17.8 Å². The number of rotatable bonds is 3. The standard InChI is InChI=1S/C15H23NO3/c1-9(12-15(2,3)19-12)8-16-13(17)10-6-4-5-7-11(10)14(16)18/h9-12H,4-8H2,1-3H3. The number of fused-ring (bicyclic) bond motifs is 1. The number of ether oxygens (including phenoxy) is 1. The molecule has 0 radical (unpaired) electrons. The Balaban J connectivity index is 1.68. The van der Waals surface area contributed by atoms with Crippen LogP contribution in [0.1, 0.15) is 46.5 Å². The monoisotopic (exact) mass is 265 g/mol. The predicted octanol–water partition coefficient (Wildman–Crippen LogP) is 1.98. The molecule has 0 N–H and O–H groups in total. The van der Waals surface area contributed by atoms with Gasteiger partial charge in [0.2, 0.25) is 11.8 Å². The van der Waals surface area contributed by atoms with Crippen molar-refractivity contribution in [3.63, 3.8) is 0 Å². The molecule has 2 aliphatic heterocycles. The first-order chi connectivity index (χ1) is 8.92. The van der Waals surface area contributed by atoms with Crippen molar-refractivity contribution in [2.45, 2.75) is 58.2 Å². The van der Waals surface area contributed by atoms with Crippen molar-refractivity contribution in [3.05, 3.63) is 0 Å². The summed E-state index contributed by atoms with van der Waals surface area (Å²) >= 11 is 0. The quantitative estimate of drug-likeness (QED) is 0.579. The second-order valence-corrected chi connectivity index (χ2v) is 6.90.